The maximum atomic E-state index is 11.8. The van der Waals surface area contributed by atoms with Crippen molar-refractivity contribution in [1.82, 2.24) is 20.9 Å². The van der Waals surface area contributed by atoms with Crippen molar-refractivity contribution >= 4 is 35.8 Å². The predicted octanol–water partition coefficient (Wildman–Crippen LogP) is 3.03. The first-order valence-electron chi connectivity index (χ1n) is 11.3. The molecule has 1 unspecified atom stereocenters. The van der Waals surface area contributed by atoms with Gasteiger partial charge < -0.3 is 20.9 Å². The average molecular weight is 527 g/mol. The number of amides is 1. The molecule has 1 aromatic carbocycles. The fourth-order valence-electron chi connectivity index (χ4n) is 4.50. The van der Waals surface area contributed by atoms with Crippen LogP contribution in [0.15, 0.2) is 29.3 Å². The number of nitrogens with zero attached hydrogens (tertiary/aromatic N) is 2. The Balaban J connectivity index is 0.00000320. The van der Waals surface area contributed by atoms with Crippen LogP contribution in [0.2, 0.25) is 0 Å². The van der Waals surface area contributed by atoms with E-state index in [1.807, 2.05) is 18.2 Å². The first-order valence-corrected chi connectivity index (χ1v) is 11.3. The molecule has 1 atom stereocenters. The molecule has 1 saturated carbocycles. The lowest BCUT2D eigenvalue weighted by molar-refractivity contribution is 0.0963. The molecule has 3 rings (SSSR count). The zero-order valence-corrected chi connectivity index (χ0v) is 20.8. The molecular weight excluding hydrogens is 489 g/mol. The van der Waals surface area contributed by atoms with E-state index >= 15 is 0 Å². The third-order valence-corrected chi connectivity index (χ3v) is 6.04. The summed E-state index contributed by atoms with van der Waals surface area (Å²) in [5.41, 5.74) is 1.83. The van der Waals surface area contributed by atoms with Crippen LogP contribution in [0.5, 0.6) is 0 Å². The average Bonchev–Trinajstić information content (AvgIpc) is 3.40. The van der Waals surface area contributed by atoms with Gasteiger partial charge in [-0.25, -0.2) is 0 Å². The van der Waals surface area contributed by atoms with Gasteiger partial charge in [0.2, 0.25) is 0 Å². The lowest BCUT2D eigenvalue weighted by Crippen LogP contribution is -2.45. The fourth-order valence-corrected chi connectivity index (χ4v) is 4.50. The highest BCUT2D eigenvalue weighted by molar-refractivity contribution is 14.0. The van der Waals surface area contributed by atoms with E-state index in [1.165, 1.54) is 45.2 Å². The zero-order chi connectivity index (χ0) is 20.5. The molecule has 6 nitrogen and oxygen atoms in total. The van der Waals surface area contributed by atoms with Crippen LogP contribution >= 0.6 is 24.0 Å². The van der Waals surface area contributed by atoms with Gasteiger partial charge in [-0.2, -0.15) is 0 Å². The lowest BCUT2D eigenvalue weighted by atomic mass is 10.1. The number of likely N-dealkylation sites (tertiary alicyclic amines) is 1. The van der Waals surface area contributed by atoms with Crippen LogP contribution in [-0.4, -0.2) is 62.6 Å². The van der Waals surface area contributed by atoms with Crippen molar-refractivity contribution in [2.24, 2.45) is 10.9 Å². The number of nitrogens with one attached hydrogen (secondary N) is 3. The van der Waals surface area contributed by atoms with E-state index in [2.05, 4.69) is 33.8 Å². The summed E-state index contributed by atoms with van der Waals surface area (Å²) in [6.07, 6.45) is 7.68. The van der Waals surface area contributed by atoms with Crippen LogP contribution in [0.3, 0.4) is 0 Å². The standard InChI is InChI=1S/C23H37N5O.HI/c1-3-25-23(26-13-11-18-9-6-10-20(15-18)22(29)24-2)27-21-12-14-28(17-21)16-19-7-4-5-8-19;/h6,9-10,15,19,21H,3-5,7-8,11-14,16-17H2,1-2H3,(H,24,29)(H2,25,26,27);1H. The Kier molecular flexibility index (Phi) is 10.9. The molecule has 1 aliphatic heterocycles. The van der Waals surface area contributed by atoms with Crippen LogP contribution in [0.25, 0.3) is 0 Å². The summed E-state index contributed by atoms with van der Waals surface area (Å²) in [5, 5.41) is 9.68. The third-order valence-electron chi connectivity index (χ3n) is 6.04. The van der Waals surface area contributed by atoms with Gasteiger partial charge in [-0.1, -0.05) is 25.0 Å². The van der Waals surface area contributed by atoms with Crippen molar-refractivity contribution in [3.8, 4) is 0 Å². The van der Waals surface area contributed by atoms with Gasteiger partial charge in [-0.15, -0.1) is 24.0 Å². The van der Waals surface area contributed by atoms with E-state index in [4.69, 9.17) is 4.99 Å². The number of carbonyl (C=O) groups excluding carboxylic acids is 1. The molecule has 0 aromatic heterocycles. The second-order valence-electron chi connectivity index (χ2n) is 8.33. The van der Waals surface area contributed by atoms with E-state index in [0.717, 1.165) is 37.0 Å². The highest BCUT2D eigenvalue weighted by atomic mass is 127. The first-order chi connectivity index (χ1) is 14.2. The van der Waals surface area contributed by atoms with Gasteiger partial charge in [-0.05, 0) is 56.2 Å². The summed E-state index contributed by atoms with van der Waals surface area (Å²) in [4.78, 5) is 19.2. The monoisotopic (exact) mass is 527 g/mol. The maximum absolute atomic E-state index is 11.8. The van der Waals surface area contributed by atoms with Gasteiger partial charge in [0.15, 0.2) is 5.96 Å². The third kappa shape index (κ3) is 7.72. The molecule has 0 radical (unpaired) electrons. The van der Waals surface area contributed by atoms with E-state index in [0.29, 0.717) is 18.2 Å². The number of rotatable bonds is 8. The SMILES string of the molecule is CCNC(=NCCc1cccc(C(=O)NC)c1)NC1CCN(CC2CCCC2)C1.I. The molecule has 30 heavy (non-hydrogen) atoms. The number of benzene rings is 1. The van der Waals surface area contributed by atoms with E-state index in [1.54, 1.807) is 7.05 Å². The molecule has 168 valence electrons. The smallest absolute Gasteiger partial charge is 0.251 e. The number of halogens is 1. The van der Waals surface area contributed by atoms with Crippen LogP contribution in [0, 0.1) is 5.92 Å². The normalized spacial score (nSPS) is 20.1. The van der Waals surface area contributed by atoms with Gasteiger partial charge in [-0.3, -0.25) is 9.79 Å². The summed E-state index contributed by atoms with van der Waals surface area (Å²) in [6.45, 7) is 7.25. The minimum Gasteiger partial charge on any atom is -0.357 e. The van der Waals surface area contributed by atoms with Crippen LogP contribution in [-0.2, 0) is 6.42 Å². The maximum Gasteiger partial charge on any atom is 0.251 e. The summed E-state index contributed by atoms with van der Waals surface area (Å²) in [7, 11) is 1.66. The van der Waals surface area contributed by atoms with E-state index < -0.39 is 0 Å². The minimum absolute atomic E-state index is 0. The van der Waals surface area contributed by atoms with Crippen molar-refractivity contribution in [3.63, 3.8) is 0 Å². The molecule has 1 aromatic rings. The molecule has 1 aliphatic carbocycles. The quantitative estimate of drug-likeness (QED) is 0.276. The number of carbonyl (C=O) groups is 1. The summed E-state index contributed by atoms with van der Waals surface area (Å²) < 4.78 is 0. The Bertz CT molecular complexity index is 690. The highest BCUT2D eigenvalue weighted by Crippen LogP contribution is 2.26. The number of guanidine groups is 1. The van der Waals surface area contributed by atoms with Gasteiger partial charge in [0.05, 0.1) is 0 Å². The zero-order valence-electron chi connectivity index (χ0n) is 18.5. The molecule has 0 spiro atoms. The second kappa shape index (κ2) is 13.1. The Morgan fingerprint density at radius 1 is 1.23 bits per heavy atom. The largest absolute Gasteiger partial charge is 0.357 e. The Morgan fingerprint density at radius 3 is 2.77 bits per heavy atom. The van der Waals surface area contributed by atoms with E-state index in [9.17, 15) is 4.79 Å². The predicted molar refractivity (Wildman–Crippen MR) is 135 cm³/mol. The highest BCUT2D eigenvalue weighted by Gasteiger charge is 2.26. The molecule has 1 saturated heterocycles. The van der Waals surface area contributed by atoms with Gasteiger partial charge in [0.25, 0.3) is 5.91 Å². The molecule has 0 bridgehead atoms. The van der Waals surface area contributed by atoms with Gasteiger partial charge in [0.1, 0.15) is 0 Å². The van der Waals surface area contributed by atoms with Crippen molar-refractivity contribution in [2.75, 3.05) is 39.8 Å². The van der Waals surface area contributed by atoms with Crippen molar-refractivity contribution in [2.45, 2.75) is 51.5 Å². The molecule has 7 heteroatoms. The Labute approximate surface area is 198 Å². The van der Waals surface area contributed by atoms with Crippen LogP contribution < -0.4 is 16.0 Å². The molecule has 2 fully saturated rings. The van der Waals surface area contributed by atoms with Gasteiger partial charge >= 0.3 is 0 Å². The Morgan fingerprint density at radius 2 is 2.03 bits per heavy atom. The summed E-state index contributed by atoms with van der Waals surface area (Å²) in [5.74, 6) is 1.78. The van der Waals surface area contributed by atoms with Crippen LogP contribution in [0.4, 0.5) is 0 Å². The van der Waals surface area contributed by atoms with Crippen molar-refractivity contribution in [1.29, 1.82) is 0 Å². The second-order valence-corrected chi connectivity index (χ2v) is 8.33. The minimum atomic E-state index is -0.0475. The number of hydrogen-bond donors (Lipinski definition) is 3. The molecule has 3 N–H and O–H groups in total. The van der Waals surface area contributed by atoms with Crippen molar-refractivity contribution in [3.05, 3.63) is 35.4 Å². The number of hydrogen-bond acceptors (Lipinski definition) is 3. The molecular formula is C23H38IN5O. The summed E-state index contributed by atoms with van der Waals surface area (Å²) in [6, 6.07) is 8.26. The molecule has 2 aliphatic rings. The van der Waals surface area contributed by atoms with E-state index in [-0.39, 0.29) is 29.9 Å². The lowest BCUT2D eigenvalue weighted by Gasteiger charge is -2.21. The van der Waals surface area contributed by atoms with Crippen LogP contribution in [0.1, 0.15) is 54.9 Å². The molecule has 1 amide bonds. The summed E-state index contributed by atoms with van der Waals surface area (Å²) >= 11 is 0. The molecule has 1 heterocycles. The van der Waals surface area contributed by atoms with Crippen molar-refractivity contribution < 1.29 is 4.79 Å². The fraction of sp³-hybridized carbons (Fsp3) is 0.652. The van der Waals surface area contributed by atoms with Gasteiger partial charge in [0, 0.05) is 51.4 Å². The number of aliphatic imine (C=N–C) groups is 1. The first kappa shape index (κ1) is 24.9. The topological polar surface area (TPSA) is 68.8 Å². The Hall–Kier alpha value is -1.35.